The van der Waals surface area contributed by atoms with Gasteiger partial charge < -0.3 is 14.7 Å². The molecule has 2 atom stereocenters. The Morgan fingerprint density at radius 1 is 1.00 bits per heavy atom. The Balaban J connectivity index is 1.78. The van der Waals surface area contributed by atoms with E-state index in [0.29, 0.717) is 11.1 Å². The Bertz CT molecular complexity index is 913. The van der Waals surface area contributed by atoms with Gasteiger partial charge in [-0.3, -0.25) is 4.57 Å². The van der Waals surface area contributed by atoms with Gasteiger partial charge in [-0.25, -0.2) is 0 Å². The van der Waals surface area contributed by atoms with Crippen molar-refractivity contribution in [1.82, 2.24) is 0 Å². The van der Waals surface area contributed by atoms with Crippen LogP contribution in [-0.2, 0) is 4.57 Å². The van der Waals surface area contributed by atoms with Gasteiger partial charge in [0, 0.05) is 24.1 Å². The molecule has 4 rings (SSSR count). The van der Waals surface area contributed by atoms with E-state index in [1.54, 1.807) is 0 Å². The van der Waals surface area contributed by atoms with Crippen LogP contribution in [0.25, 0.3) is 11.1 Å². The lowest BCUT2D eigenvalue weighted by molar-refractivity contribution is 0.295. The van der Waals surface area contributed by atoms with Crippen molar-refractivity contribution in [2.45, 2.75) is 6.42 Å². The second-order valence-electron chi connectivity index (χ2n) is 6.11. The van der Waals surface area contributed by atoms with E-state index in [1.807, 2.05) is 48.5 Å². The first kappa shape index (κ1) is 15.1. The molecule has 0 radical (unpaired) electrons. The average Bonchev–Trinajstić information content (AvgIpc) is 2.58. The van der Waals surface area contributed by atoms with E-state index in [4.69, 9.17) is 4.52 Å². The highest BCUT2D eigenvalue weighted by Crippen LogP contribution is 2.56. The molecule has 1 heterocycles. The highest BCUT2D eigenvalue weighted by molar-refractivity contribution is 7.67. The standard InChI is InChI=1S/C19H17O4P/c20-14-9-10-17(21)13(11-14)12-24(22)19-8-4-2-6-16(19)15-5-1-3-7-18(15)23-24/h1-10,13,20-21H,11-12H2. The molecule has 0 saturated heterocycles. The van der Waals surface area contributed by atoms with Crippen molar-refractivity contribution in [3.8, 4) is 16.9 Å². The smallest absolute Gasteiger partial charge is 0.278 e. The van der Waals surface area contributed by atoms with Crippen LogP contribution in [0.4, 0.5) is 0 Å². The van der Waals surface area contributed by atoms with Gasteiger partial charge in [0.2, 0.25) is 0 Å². The Kier molecular flexibility index (Phi) is 3.50. The van der Waals surface area contributed by atoms with Crippen LogP contribution in [0.3, 0.4) is 0 Å². The topological polar surface area (TPSA) is 66.8 Å². The predicted octanol–water partition coefficient (Wildman–Crippen LogP) is 4.55. The summed E-state index contributed by atoms with van der Waals surface area (Å²) in [4.78, 5) is 0. The van der Waals surface area contributed by atoms with E-state index >= 15 is 0 Å². The van der Waals surface area contributed by atoms with E-state index in [1.165, 1.54) is 12.2 Å². The lowest BCUT2D eigenvalue weighted by atomic mass is 9.99. The zero-order valence-electron chi connectivity index (χ0n) is 12.9. The molecule has 1 aliphatic carbocycles. The van der Waals surface area contributed by atoms with Crippen molar-refractivity contribution < 1.29 is 19.3 Å². The second-order valence-corrected chi connectivity index (χ2v) is 8.49. The number of hydrogen-bond acceptors (Lipinski definition) is 4. The first-order valence-electron chi connectivity index (χ1n) is 7.83. The first-order chi connectivity index (χ1) is 11.6. The molecule has 0 bridgehead atoms. The summed E-state index contributed by atoms with van der Waals surface area (Å²) in [6, 6.07) is 15.1. The Hall–Kier alpha value is -2.45. The molecule has 0 aromatic heterocycles. The Morgan fingerprint density at radius 2 is 1.71 bits per heavy atom. The van der Waals surface area contributed by atoms with Gasteiger partial charge in [-0.2, -0.15) is 0 Å². The molecule has 0 fully saturated rings. The molecule has 122 valence electrons. The van der Waals surface area contributed by atoms with Crippen molar-refractivity contribution in [3.63, 3.8) is 0 Å². The third kappa shape index (κ3) is 2.44. The fraction of sp³-hybridized carbons (Fsp3) is 0.158. The molecule has 1 aliphatic heterocycles. The van der Waals surface area contributed by atoms with E-state index < -0.39 is 13.3 Å². The summed E-state index contributed by atoms with van der Waals surface area (Å²) >= 11 is 0. The predicted molar refractivity (Wildman–Crippen MR) is 94.1 cm³/mol. The van der Waals surface area contributed by atoms with Gasteiger partial charge in [0.25, 0.3) is 7.37 Å². The zero-order valence-corrected chi connectivity index (χ0v) is 13.8. The van der Waals surface area contributed by atoms with Gasteiger partial charge in [-0.05, 0) is 29.8 Å². The lowest BCUT2D eigenvalue weighted by Crippen LogP contribution is -2.24. The number of benzene rings is 2. The average molecular weight is 340 g/mol. The highest BCUT2D eigenvalue weighted by atomic mass is 31.2. The zero-order chi connectivity index (χ0) is 16.7. The molecule has 24 heavy (non-hydrogen) atoms. The summed E-state index contributed by atoms with van der Waals surface area (Å²) < 4.78 is 19.6. The van der Waals surface area contributed by atoms with Crippen molar-refractivity contribution in [2.75, 3.05) is 6.16 Å². The largest absolute Gasteiger partial charge is 0.512 e. The van der Waals surface area contributed by atoms with Gasteiger partial charge in [-0.1, -0.05) is 36.4 Å². The molecular weight excluding hydrogens is 323 g/mol. The van der Waals surface area contributed by atoms with Crippen molar-refractivity contribution in [1.29, 1.82) is 0 Å². The molecule has 2 aliphatic rings. The molecule has 0 saturated carbocycles. The molecule has 4 nitrogen and oxygen atoms in total. The molecule has 5 heteroatoms. The van der Waals surface area contributed by atoms with Gasteiger partial charge in [-0.15, -0.1) is 0 Å². The summed E-state index contributed by atoms with van der Waals surface area (Å²) in [5, 5.41) is 20.5. The van der Waals surface area contributed by atoms with E-state index in [2.05, 4.69) is 0 Å². The molecule has 0 amide bonds. The molecule has 2 aromatic carbocycles. The molecule has 0 spiro atoms. The summed E-state index contributed by atoms with van der Waals surface area (Å²) in [5.74, 6) is 0.482. The van der Waals surface area contributed by atoms with Gasteiger partial charge >= 0.3 is 0 Å². The van der Waals surface area contributed by atoms with E-state index in [9.17, 15) is 14.8 Å². The van der Waals surface area contributed by atoms with Crippen LogP contribution >= 0.6 is 7.37 Å². The summed E-state index contributed by atoms with van der Waals surface area (Å²) in [7, 11) is -3.21. The SMILES string of the molecule is O=P1(CC2CC(O)=CC=C2O)Oc2ccccc2-c2ccccc21. The number of aliphatic hydroxyl groups excluding tert-OH is 2. The van der Waals surface area contributed by atoms with Gasteiger partial charge in [0.1, 0.15) is 5.75 Å². The normalized spacial score (nSPS) is 24.9. The fourth-order valence-corrected chi connectivity index (χ4v) is 5.92. The maximum atomic E-state index is 13.7. The van der Waals surface area contributed by atoms with Crippen LogP contribution in [0.1, 0.15) is 6.42 Å². The number of fused-ring (bicyclic) bond motifs is 3. The Labute approximate surface area is 140 Å². The first-order valence-corrected chi connectivity index (χ1v) is 9.64. The monoisotopic (exact) mass is 340 g/mol. The van der Waals surface area contributed by atoms with Gasteiger partial charge in [0.15, 0.2) is 0 Å². The molecule has 2 aromatic rings. The van der Waals surface area contributed by atoms with Crippen molar-refractivity contribution in [2.24, 2.45) is 5.92 Å². The summed E-state index contributed by atoms with van der Waals surface area (Å²) in [6.07, 6.45) is 3.34. The third-order valence-electron chi connectivity index (χ3n) is 4.48. The van der Waals surface area contributed by atoms with Crippen LogP contribution in [0.15, 0.2) is 72.2 Å². The third-order valence-corrected chi connectivity index (χ3v) is 7.01. The number of rotatable bonds is 2. The van der Waals surface area contributed by atoms with Crippen molar-refractivity contribution in [3.05, 3.63) is 72.2 Å². The summed E-state index contributed by atoms with van der Waals surface area (Å²) in [5.41, 5.74) is 1.83. The minimum atomic E-state index is -3.21. The Morgan fingerprint density at radius 3 is 2.54 bits per heavy atom. The number of para-hydroxylation sites is 1. The lowest BCUT2D eigenvalue weighted by Gasteiger charge is -2.31. The van der Waals surface area contributed by atoms with Crippen LogP contribution in [-0.4, -0.2) is 16.4 Å². The molecule has 2 N–H and O–H groups in total. The minimum absolute atomic E-state index is 0.128. The molecule has 2 unspecified atom stereocenters. The second kappa shape index (κ2) is 5.57. The quantitative estimate of drug-likeness (QED) is 0.787. The van der Waals surface area contributed by atoms with Crippen LogP contribution in [0, 0.1) is 5.92 Å². The maximum Gasteiger partial charge on any atom is 0.278 e. The number of hydrogen-bond donors (Lipinski definition) is 2. The van der Waals surface area contributed by atoms with Crippen LogP contribution in [0.5, 0.6) is 5.75 Å². The number of aliphatic hydroxyl groups is 2. The van der Waals surface area contributed by atoms with Gasteiger partial charge in [0.05, 0.1) is 16.8 Å². The maximum absolute atomic E-state index is 13.7. The molecular formula is C19H17O4P. The van der Waals surface area contributed by atoms with Crippen LogP contribution < -0.4 is 9.83 Å². The highest BCUT2D eigenvalue weighted by Gasteiger charge is 2.39. The minimum Gasteiger partial charge on any atom is -0.512 e. The van der Waals surface area contributed by atoms with E-state index in [0.717, 1.165) is 11.1 Å². The fourth-order valence-electron chi connectivity index (χ4n) is 3.30. The van der Waals surface area contributed by atoms with Crippen LogP contribution in [0.2, 0.25) is 0 Å². The number of allylic oxidation sites excluding steroid dienone is 4. The summed E-state index contributed by atoms with van der Waals surface area (Å²) in [6.45, 7) is 0. The van der Waals surface area contributed by atoms with Crippen molar-refractivity contribution >= 4 is 12.7 Å². The van der Waals surface area contributed by atoms with E-state index in [-0.39, 0.29) is 24.1 Å².